The van der Waals surface area contributed by atoms with Crippen molar-refractivity contribution in [3.05, 3.63) is 23.8 Å². The maximum atomic E-state index is 10.9. The molecule has 0 radical (unpaired) electrons. The minimum Gasteiger partial charge on any atom is -0.489 e. The quantitative estimate of drug-likeness (QED) is 0.881. The molecule has 0 aromatic heterocycles. The van der Waals surface area contributed by atoms with Crippen molar-refractivity contribution in [1.29, 1.82) is 5.26 Å². The van der Waals surface area contributed by atoms with E-state index in [9.17, 15) is 4.79 Å². The van der Waals surface area contributed by atoms with Gasteiger partial charge in [-0.15, -0.1) is 0 Å². The van der Waals surface area contributed by atoms with E-state index in [1.165, 1.54) is 6.07 Å². The van der Waals surface area contributed by atoms with Crippen molar-refractivity contribution in [2.24, 2.45) is 0 Å². The Morgan fingerprint density at radius 3 is 3.11 bits per heavy atom. The van der Waals surface area contributed by atoms with Crippen LogP contribution in [-0.2, 0) is 0 Å². The lowest BCUT2D eigenvalue weighted by Crippen LogP contribution is -2.40. The molecule has 94 valence electrons. The summed E-state index contributed by atoms with van der Waals surface area (Å²) in [5.41, 5.74) is 1.01. The molecule has 1 atom stereocenters. The number of fused-ring (bicyclic) bond motifs is 1. The predicted octanol–water partition coefficient (Wildman–Crippen LogP) is 1.89. The zero-order valence-corrected chi connectivity index (χ0v) is 10.1. The van der Waals surface area contributed by atoms with Gasteiger partial charge in [0.15, 0.2) is 0 Å². The van der Waals surface area contributed by atoms with Gasteiger partial charge in [-0.2, -0.15) is 5.26 Å². The number of rotatable bonds is 3. The molecule has 0 saturated heterocycles. The van der Waals surface area contributed by atoms with E-state index in [0.29, 0.717) is 25.2 Å². The molecule has 5 nitrogen and oxygen atoms in total. The Morgan fingerprint density at radius 2 is 2.44 bits per heavy atom. The first-order valence-corrected chi connectivity index (χ1v) is 5.73. The van der Waals surface area contributed by atoms with Gasteiger partial charge in [0.2, 0.25) is 0 Å². The third-order valence-corrected chi connectivity index (χ3v) is 3.15. The first kappa shape index (κ1) is 12.2. The van der Waals surface area contributed by atoms with Crippen LogP contribution in [0.3, 0.4) is 0 Å². The predicted molar refractivity (Wildman–Crippen MR) is 65.9 cm³/mol. The molecule has 1 unspecified atom stereocenters. The molecule has 0 bridgehead atoms. The maximum absolute atomic E-state index is 10.9. The largest absolute Gasteiger partial charge is 0.489 e. The van der Waals surface area contributed by atoms with Crippen LogP contribution in [0.5, 0.6) is 5.75 Å². The minimum atomic E-state index is -0.953. The molecular weight excluding hydrogens is 232 g/mol. The smallest absolute Gasteiger partial charge is 0.335 e. The van der Waals surface area contributed by atoms with Crippen LogP contribution in [0.2, 0.25) is 0 Å². The summed E-state index contributed by atoms with van der Waals surface area (Å²) in [7, 11) is 1.90. The van der Waals surface area contributed by atoms with E-state index in [-0.39, 0.29) is 11.6 Å². The Kier molecular flexibility index (Phi) is 3.38. The fraction of sp³-hybridized carbons (Fsp3) is 0.385. The van der Waals surface area contributed by atoms with E-state index < -0.39 is 5.97 Å². The summed E-state index contributed by atoms with van der Waals surface area (Å²) in [6.07, 6.45) is 1.18. The van der Waals surface area contributed by atoms with Gasteiger partial charge in [0, 0.05) is 13.5 Å². The van der Waals surface area contributed by atoms with Crippen LogP contribution in [0.1, 0.15) is 23.2 Å². The second kappa shape index (κ2) is 4.96. The van der Waals surface area contributed by atoms with Gasteiger partial charge in [-0.1, -0.05) is 0 Å². The molecule has 0 amide bonds. The highest BCUT2D eigenvalue weighted by Gasteiger charge is 2.25. The number of carboxylic acid groups (broad SMARTS) is 1. The van der Waals surface area contributed by atoms with Crippen molar-refractivity contribution in [3.63, 3.8) is 0 Å². The van der Waals surface area contributed by atoms with E-state index in [2.05, 4.69) is 6.07 Å². The molecule has 1 N–H and O–H groups in total. The summed E-state index contributed by atoms with van der Waals surface area (Å²) >= 11 is 0. The number of aromatic carboxylic acids is 1. The van der Waals surface area contributed by atoms with E-state index in [1.54, 1.807) is 12.1 Å². The summed E-state index contributed by atoms with van der Waals surface area (Å²) < 4.78 is 5.59. The summed E-state index contributed by atoms with van der Waals surface area (Å²) in [5, 5.41) is 17.6. The second-order valence-electron chi connectivity index (χ2n) is 4.26. The third-order valence-electron chi connectivity index (χ3n) is 3.15. The Morgan fingerprint density at radius 1 is 1.67 bits per heavy atom. The normalized spacial score (nSPS) is 17.6. The number of carbonyl (C=O) groups is 1. The van der Waals surface area contributed by atoms with Crippen molar-refractivity contribution in [3.8, 4) is 11.8 Å². The van der Waals surface area contributed by atoms with Gasteiger partial charge in [0.1, 0.15) is 12.4 Å². The Hall–Kier alpha value is -2.22. The van der Waals surface area contributed by atoms with Crippen molar-refractivity contribution in [2.75, 3.05) is 18.6 Å². The molecule has 0 saturated carbocycles. The van der Waals surface area contributed by atoms with E-state index in [4.69, 9.17) is 15.1 Å². The number of benzene rings is 1. The molecule has 1 aromatic carbocycles. The topological polar surface area (TPSA) is 73.6 Å². The number of hydrogen-bond donors (Lipinski definition) is 1. The van der Waals surface area contributed by atoms with Crippen LogP contribution in [-0.4, -0.2) is 30.8 Å². The van der Waals surface area contributed by atoms with Gasteiger partial charge < -0.3 is 14.7 Å². The number of nitrogens with zero attached hydrogens (tertiary/aromatic N) is 2. The van der Waals surface area contributed by atoms with Crippen LogP contribution in [0.4, 0.5) is 5.69 Å². The maximum Gasteiger partial charge on any atom is 0.335 e. The summed E-state index contributed by atoms with van der Waals surface area (Å²) in [6.45, 7) is 0.525. The third kappa shape index (κ3) is 2.23. The molecule has 18 heavy (non-hydrogen) atoms. The summed E-state index contributed by atoms with van der Waals surface area (Å²) in [5.74, 6) is -0.263. The van der Waals surface area contributed by atoms with E-state index in [1.807, 2.05) is 11.9 Å². The molecule has 2 rings (SSSR count). The Bertz CT molecular complexity index is 507. The zero-order chi connectivity index (χ0) is 13.1. The molecule has 5 heteroatoms. The average Bonchev–Trinajstić information content (AvgIpc) is 2.37. The first-order chi connectivity index (χ1) is 8.63. The monoisotopic (exact) mass is 246 g/mol. The lowest BCUT2D eigenvalue weighted by Gasteiger charge is -2.35. The average molecular weight is 246 g/mol. The number of hydrogen-bond acceptors (Lipinski definition) is 4. The highest BCUT2D eigenvalue weighted by molar-refractivity contribution is 5.89. The lowest BCUT2D eigenvalue weighted by atomic mass is 10.1. The summed E-state index contributed by atoms with van der Waals surface area (Å²) in [4.78, 5) is 12.9. The van der Waals surface area contributed by atoms with Crippen LogP contribution < -0.4 is 9.64 Å². The molecule has 0 aliphatic carbocycles. The fourth-order valence-electron chi connectivity index (χ4n) is 2.05. The molecule has 1 heterocycles. The van der Waals surface area contributed by atoms with Crippen molar-refractivity contribution >= 4 is 11.7 Å². The molecule has 1 aliphatic heterocycles. The fourth-order valence-corrected chi connectivity index (χ4v) is 2.05. The zero-order valence-electron chi connectivity index (χ0n) is 10.1. The molecule has 1 aromatic rings. The van der Waals surface area contributed by atoms with Crippen molar-refractivity contribution < 1.29 is 14.6 Å². The highest BCUT2D eigenvalue weighted by atomic mass is 16.5. The molecule has 0 fully saturated rings. The number of nitriles is 1. The Labute approximate surface area is 105 Å². The van der Waals surface area contributed by atoms with Gasteiger partial charge in [0.25, 0.3) is 0 Å². The first-order valence-electron chi connectivity index (χ1n) is 5.73. The van der Waals surface area contributed by atoms with E-state index >= 15 is 0 Å². The number of likely N-dealkylation sites (N-methyl/N-ethyl adjacent to an activating group) is 1. The molecule has 0 spiro atoms. The van der Waals surface area contributed by atoms with Gasteiger partial charge in [-0.25, -0.2) is 4.79 Å². The second-order valence-corrected chi connectivity index (χ2v) is 4.26. The SMILES string of the molecule is CN1c2cc(C(=O)O)ccc2OCC1CCC#N. The van der Waals surface area contributed by atoms with Gasteiger partial charge in [-0.3, -0.25) is 0 Å². The number of anilines is 1. The van der Waals surface area contributed by atoms with E-state index in [0.717, 1.165) is 5.69 Å². The molecular formula is C13H14N2O3. The lowest BCUT2D eigenvalue weighted by molar-refractivity contribution is 0.0697. The Balaban J connectivity index is 2.26. The van der Waals surface area contributed by atoms with Crippen LogP contribution >= 0.6 is 0 Å². The molecule has 1 aliphatic rings. The standard InChI is InChI=1S/C13H14N2O3/c1-15-10(3-2-6-14)8-18-12-5-4-9(13(16)17)7-11(12)15/h4-5,7,10H,2-3,8H2,1H3,(H,16,17). The minimum absolute atomic E-state index is 0.112. The van der Waals surface area contributed by atoms with Crippen LogP contribution in [0.15, 0.2) is 18.2 Å². The van der Waals surface area contributed by atoms with Crippen LogP contribution in [0.25, 0.3) is 0 Å². The summed E-state index contributed by atoms with van der Waals surface area (Å²) in [6, 6.07) is 7.04. The number of carboxylic acids is 1. The van der Waals surface area contributed by atoms with Crippen LogP contribution in [0, 0.1) is 11.3 Å². The highest BCUT2D eigenvalue weighted by Crippen LogP contribution is 2.34. The van der Waals surface area contributed by atoms with Crippen molar-refractivity contribution in [2.45, 2.75) is 18.9 Å². The van der Waals surface area contributed by atoms with Crippen molar-refractivity contribution in [1.82, 2.24) is 0 Å². The van der Waals surface area contributed by atoms with Gasteiger partial charge >= 0.3 is 5.97 Å². The van der Waals surface area contributed by atoms with Gasteiger partial charge in [0.05, 0.1) is 23.4 Å². The number of ether oxygens (including phenoxy) is 1. The van der Waals surface area contributed by atoms with Gasteiger partial charge in [-0.05, 0) is 24.6 Å².